The summed E-state index contributed by atoms with van der Waals surface area (Å²) in [5, 5.41) is 3.00. The van der Waals surface area contributed by atoms with E-state index in [0.717, 1.165) is 0 Å². The maximum atomic E-state index is 14.3. The molecule has 1 atom stereocenters. The van der Waals surface area contributed by atoms with Crippen molar-refractivity contribution in [2.45, 2.75) is 25.8 Å². The number of rotatable bonds is 10. The second-order valence-corrected chi connectivity index (χ2v) is 9.12. The smallest absolute Gasteiger partial charge is 0.338 e. The highest BCUT2D eigenvalue weighted by Crippen LogP contribution is 2.29. The Hall–Kier alpha value is -4.31. The maximum absolute atomic E-state index is 14.3. The van der Waals surface area contributed by atoms with Crippen LogP contribution in [0, 0.1) is 5.82 Å². The second kappa shape index (κ2) is 12.5. The normalized spacial score (nSPS) is 14.9. The lowest BCUT2D eigenvalue weighted by Gasteiger charge is -2.24. The van der Waals surface area contributed by atoms with E-state index in [2.05, 4.69) is 5.32 Å². The molecule has 1 N–H and O–H groups in total. The molecule has 10 heteroatoms. The fourth-order valence-corrected chi connectivity index (χ4v) is 4.70. The number of nitrogens with zero attached hydrogens (tertiary/aromatic N) is 2. The van der Waals surface area contributed by atoms with Crippen LogP contribution in [0.15, 0.2) is 72.8 Å². The largest absolute Gasteiger partial charge is 0.497 e. The Bertz CT molecular complexity index is 1360. The summed E-state index contributed by atoms with van der Waals surface area (Å²) in [6.07, 6.45) is 0.118. The van der Waals surface area contributed by atoms with Gasteiger partial charge in [-0.25, -0.2) is 9.18 Å². The molecule has 3 aromatic carbocycles. The fourth-order valence-electron chi connectivity index (χ4n) is 4.29. The molecule has 0 unspecified atom stereocenters. The van der Waals surface area contributed by atoms with E-state index in [1.807, 2.05) is 0 Å². The van der Waals surface area contributed by atoms with Gasteiger partial charge in [-0.05, 0) is 85.7 Å². The average Bonchev–Trinajstić information content (AvgIpc) is 3.16. The number of carbonyl (C=O) groups excluding carboxylic acids is 3. The molecule has 1 saturated heterocycles. The van der Waals surface area contributed by atoms with Crippen LogP contribution in [0.2, 0.25) is 0 Å². The summed E-state index contributed by atoms with van der Waals surface area (Å²) < 4.78 is 24.5. The molecule has 2 amide bonds. The first-order valence-corrected chi connectivity index (χ1v) is 12.8. The van der Waals surface area contributed by atoms with E-state index in [1.165, 1.54) is 11.0 Å². The first-order chi connectivity index (χ1) is 18.8. The summed E-state index contributed by atoms with van der Waals surface area (Å²) in [6, 6.07) is 18.7. The minimum Gasteiger partial charge on any atom is -0.497 e. The maximum Gasteiger partial charge on any atom is 0.338 e. The number of benzene rings is 3. The Morgan fingerprint density at radius 3 is 2.36 bits per heavy atom. The van der Waals surface area contributed by atoms with Gasteiger partial charge in [0.05, 0.1) is 31.4 Å². The van der Waals surface area contributed by atoms with Gasteiger partial charge in [0, 0.05) is 12.2 Å². The Kier molecular flexibility index (Phi) is 8.88. The van der Waals surface area contributed by atoms with Gasteiger partial charge in [0.2, 0.25) is 5.91 Å². The SMILES string of the molecule is CCOC(=O)c1ccc(NC(=O)C[C@@H]2C(=O)N(c3ccc(OC)cc3)C(=S)N2CCc2ccccc2F)cc1. The van der Waals surface area contributed by atoms with E-state index in [1.54, 1.807) is 85.7 Å². The van der Waals surface area contributed by atoms with Crippen molar-refractivity contribution >= 4 is 46.5 Å². The number of hydrogen-bond acceptors (Lipinski definition) is 6. The zero-order chi connectivity index (χ0) is 27.9. The van der Waals surface area contributed by atoms with Crippen molar-refractivity contribution in [3.8, 4) is 5.75 Å². The van der Waals surface area contributed by atoms with Crippen LogP contribution in [-0.4, -0.2) is 54.1 Å². The molecule has 1 heterocycles. The highest BCUT2D eigenvalue weighted by Gasteiger charge is 2.44. The van der Waals surface area contributed by atoms with Gasteiger partial charge in [0.15, 0.2) is 5.11 Å². The number of hydrogen-bond donors (Lipinski definition) is 1. The predicted molar refractivity (Wildman–Crippen MR) is 149 cm³/mol. The third-order valence-electron chi connectivity index (χ3n) is 6.29. The van der Waals surface area contributed by atoms with Crippen LogP contribution in [0.5, 0.6) is 5.75 Å². The third kappa shape index (κ3) is 6.40. The van der Waals surface area contributed by atoms with E-state index < -0.39 is 17.9 Å². The number of amides is 2. The molecule has 0 saturated carbocycles. The molecule has 8 nitrogen and oxygen atoms in total. The van der Waals surface area contributed by atoms with E-state index in [-0.39, 0.29) is 36.4 Å². The first kappa shape index (κ1) is 27.7. The molecular weight excluding hydrogens is 521 g/mol. The van der Waals surface area contributed by atoms with Crippen LogP contribution >= 0.6 is 12.2 Å². The zero-order valence-electron chi connectivity index (χ0n) is 21.6. The van der Waals surface area contributed by atoms with Crippen LogP contribution < -0.4 is 15.0 Å². The lowest BCUT2D eigenvalue weighted by atomic mass is 10.1. The Labute approximate surface area is 231 Å². The molecule has 4 rings (SSSR count). The summed E-state index contributed by atoms with van der Waals surface area (Å²) in [4.78, 5) is 41.5. The summed E-state index contributed by atoms with van der Waals surface area (Å²) in [5.41, 5.74) is 1.85. The third-order valence-corrected chi connectivity index (χ3v) is 6.70. The van der Waals surface area contributed by atoms with Gasteiger partial charge in [-0.3, -0.25) is 14.5 Å². The van der Waals surface area contributed by atoms with Gasteiger partial charge in [-0.15, -0.1) is 0 Å². The summed E-state index contributed by atoms with van der Waals surface area (Å²) in [6.45, 7) is 2.22. The minimum atomic E-state index is -0.884. The van der Waals surface area contributed by atoms with E-state index in [0.29, 0.717) is 34.7 Å². The van der Waals surface area contributed by atoms with Gasteiger partial charge >= 0.3 is 5.97 Å². The summed E-state index contributed by atoms with van der Waals surface area (Å²) in [7, 11) is 1.55. The van der Waals surface area contributed by atoms with Crippen molar-refractivity contribution in [3.05, 3.63) is 89.7 Å². The number of methoxy groups -OCH3 is 1. The number of halogens is 1. The van der Waals surface area contributed by atoms with Crippen molar-refractivity contribution in [3.63, 3.8) is 0 Å². The molecule has 0 aromatic heterocycles. The standard InChI is InChI=1S/C29H28FN3O5S/c1-3-38-28(36)20-8-10-21(11-9-20)31-26(34)18-25-27(35)33(22-12-14-23(37-2)15-13-22)29(39)32(25)17-16-19-6-4-5-7-24(19)30/h4-15,25H,3,16-18H2,1-2H3,(H,31,34)/t25-/m1/s1. The molecule has 39 heavy (non-hydrogen) atoms. The van der Waals surface area contributed by atoms with Crippen molar-refractivity contribution in [1.82, 2.24) is 4.90 Å². The highest BCUT2D eigenvalue weighted by molar-refractivity contribution is 7.80. The second-order valence-electron chi connectivity index (χ2n) is 8.75. The molecular formula is C29H28FN3O5S. The molecule has 0 radical (unpaired) electrons. The molecule has 1 fully saturated rings. The minimum absolute atomic E-state index is 0.178. The monoisotopic (exact) mass is 549 g/mol. The van der Waals surface area contributed by atoms with Gasteiger partial charge < -0.3 is 19.7 Å². The summed E-state index contributed by atoms with van der Waals surface area (Å²) in [5.74, 6) is -0.942. The van der Waals surface area contributed by atoms with E-state index in [9.17, 15) is 18.8 Å². The topological polar surface area (TPSA) is 88.2 Å². The molecule has 3 aromatic rings. The van der Waals surface area contributed by atoms with Crippen molar-refractivity contribution in [2.24, 2.45) is 0 Å². The van der Waals surface area contributed by atoms with E-state index >= 15 is 0 Å². The van der Waals surface area contributed by atoms with E-state index in [4.69, 9.17) is 21.7 Å². The quantitative estimate of drug-likeness (QED) is 0.293. The molecule has 0 spiro atoms. The Morgan fingerprint density at radius 2 is 1.72 bits per heavy atom. The molecule has 1 aliphatic heterocycles. The van der Waals surface area contributed by atoms with Gasteiger partial charge in [0.25, 0.3) is 5.91 Å². The van der Waals surface area contributed by atoms with Crippen molar-refractivity contribution in [1.29, 1.82) is 0 Å². The molecule has 202 valence electrons. The molecule has 0 bridgehead atoms. The molecule has 1 aliphatic rings. The summed E-state index contributed by atoms with van der Waals surface area (Å²) >= 11 is 5.68. The predicted octanol–water partition coefficient (Wildman–Crippen LogP) is 4.58. The highest BCUT2D eigenvalue weighted by atomic mass is 32.1. The Balaban J connectivity index is 1.52. The van der Waals surface area contributed by atoms with Crippen molar-refractivity contribution in [2.75, 3.05) is 30.5 Å². The lowest BCUT2D eigenvalue weighted by molar-refractivity contribution is -0.124. The first-order valence-electron chi connectivity index (χ1n) is 12.4. The van der Waals surface area contributed by atoms with Gasteiger partial charge in [-0.1, -0.05) is 18.2 Å². The number of thiocarbonyl (C=S) groups is 1. The van der Waals surface area contributed by atoms with Crippen LogP contribution in [0.1, 0.15) is 29.3 Å². The number of esters is 1. The number of anilines is 2. The van der Waals surface area contributed by atoms with Crippen LogP contribution in [-0.2, 0) is 20.7 Å². The van der Waals surface area contributed by atoms with Crippen LogP contribution in [0.3, 0.4) is 0 Å². The average molecular weight is 550 g/mol. The number of ether oxygens (including phenoxy) is 2. The Morgan fingerprint density at radius 1 is 1.03 bits per heavy atom. The van der Waals surface area contributed by atoms with Gasteiger partial charge in [-0.2, -0.15) is 0 Å². The van der Waals surface area contributed by atoms with Crippen molar-refractivity contribution < 1.29 is 28.2 Å². The zero-order valence-corrected chi connectivity index (χ0v) is 22.4. The lowest BCUT2D eigenvalue weighted by Crippen LogP contribution is -2.39. The number of nitrogens with one attached hydrogen (secondary N) is 1. The fraction of sp³-hybridized carbons (Fsp3) is 0.241. The molecule has 0 aliphatic carbocycles. The van der Waals surface area contributed by atoms with Crippen LogP contribution in [0.4, 0.5) is 15.8 Å². The number of carbonyl (C=O) groups is 3. The van der Waals surface area contributed by atoms with Crippen LogP contribution in [0.25, 0.3) is 0 Å². The van der Waals surface area contributed by atoms with Gasteiger partial charge in [0.1, 0.15) is 17.6 Å².